The Morgan fingerprint density at radius 1 is 1.25 bits per heavy atom. The fourth-order valence-corrected chi connectivity index (χ4v) is 2.01. The van der Waals surface area contributed by atoms with E-state index >= 15 is 0 Å². The van der Waals surface area contributed by atoms with Crippen molar-refractivity contribution in [3.05, 3.63) is 59.9 Å². The number of amides is 1. The first kappa shape index (κ1) is 14.1. The Kier molecular flexibility index (Phi) is 4.35. The van der Waals surface area contributed by atoms with Crippen LogP contribution in [0.1, 0.15) is 29.9 Å². The summed E-state index contributed by atoms with van der Waals surface area (Å²) in [6.07, 6.45) is 1.63. The molecule has 0 radical (unpaired) electrons. The minimum absolute atomic E-state index is 0.0666. The first-order chi connectivity index (χ1) is 9.58. The molecule has 0 aliphatic rings. The molecule has 0 spiro atoms. The molecule has 1 amide bonds. The number of carbonyl (C=O) groups is 1. The zero-order chi connectivity index (χ0) is 14.5. The zero-order valence-corrected chi connectivity index (χ0v) is 11.8. The zero-order valence-electron chi connectivity index (χ0n) is 11.8. The summed E-state index contributed by atoms with van der Waals surface area (Å²) in [6.45, 7) is 4.51. The van der Waals surface area contributed by atoms with Gasteiger partial charge in [0.05, 0.1) is 0 Å². The third-order valence-corrected chi connectivity index (χ3v) is 3.07. The number of hydrogen-bond donors (Lipinski definition) is 1. The molecule has 1 aromatic carbocycles. The first-order valence-corrected chi connectivity index (χ1v) is 6.64. The van der Waals surface area contributed by atoms with Gasteiger partial charge in [-0.05, 0) is 43.7 Å². The number of carbonyl (C=O) groups excluding carboxylic acids is 1. The summed E-state index contributed by atoms with van der Waals surface area (Å²) in [5.74, 6) is -0.0666. The van der Waals surface area contributed by atoms with Crippen molar-refractivity contribution in [2.75, 3.05) is 5.73 Å². The van der Waals surface area contributed by atoms with Gasteiger partial charge in [0.25, 0.3) is 5.91 Å². The molecule has 2 N–H and O–H groups in total. The summed E-state index contributed by atoms with van der Waals surface area (Å²) >= 11 is 0. The standard InChI is InChI=1S/C16H19N3O/c1-12(2)19(11-13-6-5-7-14(17)10-13)16(20)15-8-3-4-9-18-15/h3-10,12H,11,17H2,1-2H3. The third-order valence-electron chi connectivity index (χ3n) is 3.07. The first-order valence-electron chi connectivity index (χ1n) is 6.64. The van der Waals surface area contributed by atoms with Crippen LogP contribution in [0.2, 0.25) is 0 Å². The van der Waals surface area contributed by atoms with Gasteiger partial charge < -0.3 is 10.6 Å². The summed E-state index contributed by atoms with van der Waals surface area (Å²) in [4.78, 5) is 18.4. The van der Waals surface area contributed by atoms with Gasteiger partial charge in [-0.2, -0.15) is 0 Å². The van der Waals surface area contributed by atoms with E-state index < -0.39 is 0 Å². The van der Waals surface area contributed by atoms with E-state index in [1.807, 2.05) is 44.2 Å². The second-order valence-electron chi connectivity index (χ2n) is 4.99. The maximum absolute atomic E-state index is 12.5. The molecule has 4 nitrogen and oxygen atoms in total. The Labute approximate surface area is 119 Å². The van der Waals surface area contributed by atoms with Gasteiger partial charge in [-0.15, -0.1) is 0 Å². The van der Waals surface area contributed by atoms with Crippen molar-refractivity contribution >= 4 is 11.6 Å². The van der Waals surface area contributed by atoms with Crippen LogP contribution in [0.5, 0.6) is 0 Å². The Hall–Kier alpha value is -2.36. The van der Waals surface area contributed by atoms with Gasteiger partial charge in [-0.1, -0.05) is 18.2 Å². The average molecular weight is 269 g/mol. The number of nitrogens with two attached hydrogens (primary N) is 1. The highest BCUT2D eigenvalue weighted by molar-refractivity contribution is 5.92. The molecule has 0 saturated carbocycles. The predicted molar refractivity (Wildman–Crippen MR) is 80.1 cm³/mol. The van der Waals surface area contributed by atoms with Crippen LogP contribution in [0.3, 0.4) is 0 Å². The highest BCUT2D eigenvalue weighted by Gasteiger charge is 2.19. The van der Waals surface area contributed by atoms with Crippen LogP contribution in [0, 0.1) is 0 Å². The molecule has 4 heteroatoms. The van der Waals surface area contributed by atoms with Gasteiger partial charge in [-0.25, -0.2) is 0 Å². The second kappa shape index (κ2) is 6.19. The number of nitrogen functional groups attached to an aromatic ring is 1. The molecule has 0 aliphatic carbocycles. The summed E-state index contributed by atoms with van der Waals surface area (Å²) in [5.41, 5.74) is 7.97. The number of aromatic nitrogens is 1. The lowest BCUT2D eigenvalue weighted by molar-refractivity contribution is 0.0684. The number of nitrogens with zero attached hydrogens (tertiary/aromatic N) is 2. The topological polar surface area (TPSA) is 59.2 Å². The van der Waals surface area contributed by atoms with Crippen LogP contribution in [0.4, 0.5) is 5.69 Å². The van der Waals surface area contributed by atoms with E-state index in [1.54, 1.807) is 23.2 Å². The molecule has 0 unspecified atom stereocenters. The lowest BCUT2D eigenvalue weighted by atomic mass is 10.1. The number of hydrogen-bond acceptors (Lipinski definition) is 3. The fraction of sp³-hybridized carbons (Fsp3) is 0.250. The normalized spacial score (nSPS) is 10.6. The summed E-state index contributed by atoms with van der Waals surface area (Å²) in [5, 5.41) is 0. The van der Waals surface area contributed by atoms with Crippen LogP contribution in [0.25, 0.3) is 0 Å². The van der Waals surface area contributed by atoms with Crippen molar-refractivity contribution in [1.82, 2.24) is 9.88 Å². The van der Waals surface area contributed by atoms with Crippen molar-refractivity contribution in [1.29, 1.82) is 0 Å². The van der Waals surface area contributed by atoms with Gasteiger partial charge in [0.2, 0.25) is 0 Å². The van der Waals surface area contributed by atoms with Gasteiger partial charge in [0, 0.05) is 24.5 Å². The molecule has 0 fully saturated rings. The van der Waals surface area contributed by atoms with Gasteiger partial charge >= 0.3 is 0 Å². The van der Waals surface area contributed by atoms with Crippen molar-refractivity contribution in [3.63, 3.8) is 0 Å². The van der Waals surface area contributed by atoms with E-state index in [2.05, 4.69) is 4.98 Å². The van der Waals surface area contributed by atoms with Gasteiger partial charge in [0.1, 0.15) is 5.69 Å². The Morgan fingerprint density at radius 2 is 2.05 bits per heavy atom. The number of rotatable bonds is 4. The fourth-order valence-electron chi connectivity index (χ4n) is 2.01. The van der Waals surface area contributed by atoms with Crippen LogP contribution in [0.15, 0.2) is 48.7 Å². The van der Waals surface area contributed by atoms with Crippen LogP contribution in [-0.2, 0) is 6.54 Å². The highest BCUT2D eigenvalue weighted by Crippen LogP contribution is 2.14. The van der Waals surface area contributed by atoms with E-state index in [0.29, 0.717) is 17.9 Å². The molecule has 1 aromatic heterocycles. The maximum Gasteiger partial charge on any atom is 0.272 e. The van der Waals surface area contributed by atoms with Gasteiger partial charge in [-0.3, -0.25) is 9.78 Å². The Morgan fingerprint density at radius 3 is 2.65 bits per heavy atom. The molecule has 0 aliphatic heterocycles. The van der Waals surface area contributed by atoms with Crippen LogP contribution >= 0.6 is 0 Å². The van der Waals surface area contributed by atoms with E-state index in [4.69, 9.17) is 5.73 Å². The van der Waals surface area contributed by atoms with E-state index in [9.17, 15) is 4.79 Å². The molecule has 2 aromatic rings. The van der Waals surface area contributed by atoms with Crippen molar-refractivity contribution < 1.29 is 4.79 Å². The number of anilines is 1. The molecule has 2 rings (SSSR count). The largest absolute Gasteiger partial charge is 0.399 e. The Bertz CT molecular complexity index is 581. The minimum atomic E-state index is -0.0666. The highest BCUT2D eigenvalue weighted by atomic mass is 16.2. The lowest BCUT2D eigenvalue weighted by Crippen LogP contribution is -2.36. The maximum atomic E-state index is 12.5. The SMILES string of the molecule is CC(C)N(Cc1cccc(N)c1)C(=O)c1ccccn1. The number of pyridine rings is 1. The quantitative estimate of drug-likeness (QED) is 0.868. The van der Waals surface area contributed by atoms with Crippen molar-refractivity contribution in [2.45, 2.75) is 26.4 Å². The monoisotopic (exact) mass is 269 g/mol. The van der Waals surface area contributed by atoms with Crippen LogP contribution in [-0.4, -0.2) is 21.8 Å². The van der Waals surface area contributed by atoms with E-state index in [0.717, 1.165) is 5.56 Å². The molecule has 0 bridgehead atoms. The number of benzene rings is 1. The summed E-state index contributed by atoms with van der Waals surface area (Å²) in [7, 11) is 0. The molecule has 1 heterocycles. The second-order valence-corrected chi connectivity index (χ2v) is 4.99. The summed E-state index contributed by atoms with van der Waals surface area (Å²) < 4.78 is 0. The molecule has 20 heavy (non-hydrogen) atoms. The average Bonchev–Trinajstić information content (AvgIpc) is 2.45. The molecular formula is C16H19N3O. The predicted octanol–water partition coefficient (Wildman–Crippen LogP) is 2.71. The van der Waals surface area contributed by atoms with Gasteiger partial charge in [0.15, 0.2) is 0 Å². The van der Waals surface area contributed by atoms with Crippen LogP contribution < -0.4 is 5.73 Å². The molecule has 0 saturated heterocycles. The lowest BCUT2D eigenvalue weighted by Gasteiger charge is -2.26. The van der Waals surface area contributed by atoms with E-state index in [-0.39, 0.29) is 11.9 Å². The molecule has 104 valence electrons. The minimum Gasteiger partial charge on any atom is -0.399 e. The third kappa shape index (κ3) is 3.35. The molecule has 0 atom stereocenters. The smallest absolute Gasteiger partial charge is 0.272 e. The van der Waals surface area contributed by atoms with Crippen molar-refractivity contribution in [2.24, 2.45) is 0 Å². The van der Waals surface area contributed by atoms with Crippen molar-refractivity contribution in [3.8, 4) is 0 Å². The van der Waals surface area contributed by atoms with E-state index in [1.165, 1.54) is 0 Å². The molecular weight excluding hydrogens is 250 g/mol. The summed E-state index contributed by atoms with van der Waals surface area (Å²) in [6, 6.07) is 13.0. The Balaban J connectivity index is 2.22.